The molecule has 0 saturated carbocycles. The summed E-state index contributed by atoms with van der Waals surface area (Å²) in [5, 5.41) is 6.45. The molecule has 1 heterocycles. The molecule has 0 amide bonds. The molecule has 0 aromatic heterocycles. The molecule has 1 aliphatic rings. The monoisotopic (exact) mass is 619 g/mol. The lowest BCUT2D eigenvalue weighted by Crippen LogP contribution is -2.83. The van der Waals surface area contributed by atoms with Crippen LogP contribution in [0.5, 0.6) is 0 Å². The minimum absolute atomic E-state index is 0.307. The lowest BCUT2D eigenvalue weighted by atomic mass is 9.75. The average Bonchev–Trinajstić information content (AvgIpc) is 3.01. The Hall–Kier alpha value is -0.400. The quantitative estimate of drug-likeness (QED) is 0.0946. The molecule has 43 heavy (non-hydrogen) atoms. The number of ether oxygens (including phenoxy) is 6. The Kier molecular flexibility index (Phi) is 24.3. The van der Waals surface area contributed by atoms with Crippen LogP contribution < -0.4 is 5.73 Å². The molecule has 1 rings (SSSR count). The SMILES string of the molecule is CCCCOCN1CC(COCCCC)(COCCCC)C(N)(COCCCC)N(COCCCC)N1COCCCC. The third-order valence-corrected chi connectivity index (χ3v) is 8.06. The second-order valence-corrected chi connectivity index (χ2v) is 12.0. The Balaban J connectivity index is 3.57. The van der Waals surface area contributed by atoms with E-state index >= 15 is 0 Å². The van der Waals surface area contributed by atoms with Crippen molar-refractivity contribution in [3.63, 3.8) is 0 Å². The molecule has 1 atom stereocenters. The molecule has 1 aliphatic heterocycles. The average molecular weight is 619 g/mol. The number of unbranched alkanes of at least 4 members (excludes halogenated alkanes) is 6. The maximum Gasteiger partial charge on any atom is 0.127 e. The highest BCUT2D eigenvalue weighted by Gasteiger charge is 2.60. The summed E-state index contributed by atoms with van der Waals surface area (Å²) in [4.78, 5) is 0. The van der Waals surface area contributed by atoms with Gasteiger partial charge in [-0.05, 0) is 38.5 Å². The van der Waals surface area contributed by atoms with Gasteiger partial charge in [-0.2, -0.15) is 10.0 Å². The zero-order chi connectivity index (χ0) is 31.7. The molecule has 1 saturated heterocycles. The maximum atomic E-state index is 7.66. The highest BCUT2D eigenvalue weighted by Crippen LogP contribution is 2.41. The van der Waals surface area contributed by atoms with Crippen molar-refractivity contribution >= 4 is 0 Å². The first-order chi connectivity index (χ1) is 21.0. The number of hydrogen-bond acceptors (Lipinski definition) is 10. The zero-order valence-corrected chi connectivity index (χ0v) is 29.0. The van der Waals surface area contributed by atoms with Gasteiger partial charge in [0.25, 0.3) is 0 Å². The lowest BCUT2D eigenvalue weighted by molar-refractivity contribution is -0.377. The molecule has 0 aromatic rings. The topological polar surface area (TPSA) is 91.1 Å². The van der Waals surface area contributed by atoms with Crippen LogP contribution in [0.2, 0.25) is 0 Å². The Bertz CT molecular complexity index is 622. The Morgan fingerprint density at radius 1 is 0.488 bits per heavy atom. The first-order valence-electron chi connectivity index (χ1n) is 17.5. The summed E-state index contributed by atoms with van der Waals surface area (Å²) >= 11 is 0. The zero-order valence-electron chi connectivity index (χ0n) is 29.0. The summed E-state index contributed by atoms with van der Waals surface area (Å²) in [7, 11) is 0. The van der Waals surface area contributed by atoms with Gasteiger partial charge in [-0.1, -0.05) is 80.1 Å². The normalized spacial score (nSPS) is 19.9. The highest BCUT2D eigenvalue weighted by molar-refractivity contribution is 5.05. The predicted octanol–water partition coefficient (Wildman–Crippen LogP) is 6.15. The van der Waals surface area contributed by atoms with Crippen LogP contribution >= 0.6 is 0 Å². The van der Waals surface area contributed by atoms with Crippen LogP contribution in [0.25, 0.3) is 0 Å². The molecule has 1 fully saturated rings. The van der Waals surface area contributed by atoms with Gasteiger partial charge < -0.3 is 34.2 Å². The van der Waals surface area contributed by atoms with Gasteiger partial charge in [-0.25, -0.2) is 0 Å². The van der Waals surface area contributed by atoms with Crippen LogP contribution in [0.4, 0.5) is 0 Å². The van der Waals surface area contributed by atoms with E-state index in [0.29, 0.717) is 86.2 Å². The minimum atomic E-state index is -0.973. The molecule has 10 heteroatoms. The third kappa shape index (κ3) is 14.7. The fourth-order valence-electron chi connectivity index (χ4n) is 4.96. The molecule has 2 N–H and O–H groups in total. The fraction of sp³-hybridized carbons (Fsp3) is 1.00. The van der Waals surface area contributed by atoms with Crippen molar-refractivity contribution in [2.24, 2.45) is 11.1 Å². The number of hydrazine groups is 2. The van der Waals surface area contributed by atoms with Gasteiger partial charge in [0.2, 0.25) is 0 Å². The standard InChI is InChI=1S/C33H70N4O6/c1-7-13-19-38-26-32(27-39-20-14-8-2)25-35(29-41-22-16-10-4)37(31-43-24-18-12-6)36(30-42-23-17-11-5)33(32,34)28-40-21-15-9-3/h7-31,34H2,1-6H3. The molecule has 0 radical (unpaired) electrons. The summed E-state index contributed by atoms with van der Waals surface area (Å²) in [6.45, 7) is 20.0. The first-order valence-corrected chi connectivity index (χ1v) is 17.5. The van der Waals surface area contributed by atoms with E-state index in [2.05, 4.69) is 56.7 Å². The van der Waals surface area contributed by atoms with Crippen molar-refractivity contribution in [3.8, 4) is 0 Å². The molecular weight excluding hydrogens is 548 g/mol. The molecule has 0 aromatic carbocycles. The summed E-state index contributed by atoms with van der Waals surface area (Å²) in [6.07, 6.45) is 12.4. The Morgan fingerprint density at radius 2 is 0.860 bits per heavy atom. The predicted molar refractivity (Wildman–Crippen MR) is 174 cm³/mol. The summed E-state index contributed by atoms with van der Waals surface area (Å²) in [5.41, 5.74) is 6.08. The third-order valence-electron chi connectivity index (χ3n) is 8.06. The van der Waals surface area contributed by atoms with Crippen molar-refractivity contribution in [3.05, 3.63) is 0 Å². The van der Waals surface area contributed by atoms with E-state index < -0.39 is 11.1 Å². The molecule has 0 spiro atoms. The van der Waals surface area contributed by atoms with Gasteiger partial charge in [0.1, 0.15) is 25.9 Å². The number of nitrogens with zero attached hydrogens (tertiary/aromatic N) is 3. The minimum Gasteiger partial charge on any atom is -0.381 e. The van der Waals surface area contributed by atoms with Crippen molar-refractivity contribution in [2.45, 2.75) is 124 Å². The van der Waals surface area contributed by atoms with E-state index in [4.69, 9.17) is 34.2 Å². The van der Waals surface area contributed by atoms with E-state index in [1.54, 1.807) is 0 Å². The van der Waals surface area contributed by atoms with E-state index in [9.17, 15) is 0 Å². The van der Waals surface area contributed by atoms with Crippen LogP contribution in [0, 0.1) is 5.41 Å². The van der Waals surface area contributed by atoms with Crippen LogP contribution in [-0.2, 0) is 28.4 Å². The smallest absolute Gasteiger partial charge is 0.127 e. The summed E-state index contributed by atoms with van der Waals surface area (Å²) in [5.74, 6) is 0. The van der Waals surface area contributed by atoms with Gasteiger partial charge >= 0.3 is 0 Å². The van der Waals surface area contributed by atoms with Crippen LogP contribution in [0.1, 0.15) is 119 Å². The first kappa shape index (κ1) is 40.6. The van der Waals surface area contributed by atoms with Crippen molar-refractivity contribution in [1.82, 2.24) is 15.1 Å². The van der Waals surface area contributed by atoms with Crippen molar-refractivity contribution < 1.29 is 28.4 Å². The summed E-state index contributed by atoms with van der Waals surface area (Å²) < 4.78 is 38.0. The number of nitrogens with two attached hydrogens (primary N) is 1. The molecular formula is C33H70N4O6. The molecule has 258 valence electrons. The van der Waals surface area contributed by atoms with Crippen molar-refractivity contribution in [1.29, 1.82) is 0 Å². The lowest BCUT2D eigenvalue weighted by Gasteiger charge is -2.62. The van der Waals surface area contributed by atoms with Gasteiger partial charge in [0, 0.05) is 46.2 Å². The van der Waals surface area contributed by atoms with Crippen molar-refractivity contribution in [2.75, 3.05) is 86.2 Å². The second-order valence-electron chi connectivity index (χ2n) is 12.0. The van der Waals surface area contributed by atoms with E-state index in [0.717, 1.165) is 77.0 Å². The van der Waals surface area contributed by atoms with Gasteiger partial charge in [0.15, 0.2) is 0 Å². The highest BCUT2D eigenvalue weighted by atomic mass is 16.5. The maximum absolute atomic E-state index is 7.66. The largest absolute Gasteiger partial charge is 0.381 e. The van der Waals surface area contributed by atoms with Gasteiger partial charge in [-0.15, -0.1) is 5.12 Å². The van der Waals surface area contributed by atoms with Crippen LogP contribution in [-0.4, -0.2) is 107 Å². The van der Waals surface area contributed by atoms with E-state index in [-0.39, 0.29) is 0 Å². The number of rotatable bonds is 30. The molecule has 0 aliphatic carbocycles. The molecule has 10 nitrogen and oxygen atoms in total. The van der Waals surface area contributed by atoms with E-state index in [1.807, 2.05) is 0 Å². The van der Waals surface area contributed by atoms with E-state index in [1.165, 1.54) is 0 Å². The summed E-state index contributed by atoms with van der Waals surface area (Å²) in [6, 6.07) is 0. The van der Waals surface area contributed by atoms with Gasteiger partial charge in [-0.3, -0.25) is 0 Å². The Labute approximate surface area is 265 Å². The van der Waals surface area contributed by atoms with Crippen LogP contribution in [0.15, 0.2) is 0 Å². The number of hydrogen-bond donors (Lipinski definition) is 1. The van der Waals surface area contributed by atoms with Crippen LogP contribution in [0.3, 0.4) is 0 Å². The molecule has 0 bridgehead atoms. The molecule has 1 unspecified atom stereocenters. The fourth-order valence-corrected chi connectivity index (χ4v) is 4.96. The second kappa shape index (κ2) is 25.8. The Morgan fingerprint density at radius 3 is 1.30 bits per heavy atom. The van der Waals surface area contributed by atoms with Gasteiger partial charge in [0.05, 0.1) is 25.2 Å².